The summed E-state index contributed by atoms with van der Waals surface area (Å²) < 4.78 is 20.7. The number of ether oxygens (including phenoxy) is 3. The highest BCUT2D eigenvalue weighted by Gasteiger charge is 2.45. The van der Waals surface area contributed by atoms with Crippen LogP contribution in [0.3, 0.4) is 0 Å². The van der Waals surface area contributed by atoms with Gasteiger partial charge in [-0.1, -0.05) is 71.7 Å². The van der Waals surface area contributed by atoms with E-state index in [9.17, 15) is 20.2 Å². The molecule has 0 amide bonds. The second-order valence-electron chi connectivity index (χ2n) is 10.00. The zero-order valence-electron chi connectivity index (χ0n) is 24.0. The van der Waals surface area contributed by atoms with E-state index in [1.54, 1.807) is 96.1 Å². The highest BCUT2D eigenvalue weighted by Crippen LogP contribution is 2.43. The van der Waals surface area contributed by atoms with Gasteiger partial charge in [0.2, 0.25) is 11.7 Å². The first kappa shape index (κ1) is 31.6. The summed E-state index contributed by atoms with van der Waals surface area (Å²) in [7, 11) is 0. The molecule has 3 aromatic carbocycles. The maximum atomic E-state index is 11.5. The highest BCUT2D eigenvalue weighted by atomic mass is 35.5. The average Bonchev–Trinajstić information content (AvgIpc) is 3.71. The highest BCUT2D eigenvalue weighted by molar-refractivity contribution is 6.35. The number of nitrogens with zero attached hydrogens (tertiary/aromatic N) is 6. The second-order valence-corrected chi connectivity index (χ2v) is 10.8. The first-order valence-electron chi connectivity index (χ1n) is 13.8. The fourth-order valence-corrected chi connectivity index (χ4v) is 5.52. The Morgan fingerprint density at radius 3 is 2.47 bits per heavy atom. The van der Waals surface area contributed by atoms with Gasteiger partial charge in [0.1, 0.15) is 24.2 Å². The zero-order valence-corrected chi connectivity index (χ0v) is 25.5. The Kier molecular flexibility index (Phi) is 9.12. The van der Waals surface area contributed by atoms with Crippen LogP contribution in [0.15, 0.2) is 91.5 Å². The smallest absolute Gasteiger partial charge is 0.301 e. The lowest BCUT2D eigenvalue weighted by atomic mass is 10.1. The lowest BCUT2D eigenvalue weighted by Gasteiger charge is -2.30. The van der Waals surface area contributed by atoms with Crippen molar-refractivity contribution in [3.8, 4) is 40.0 Å². The van der Waals surface area contributed by atoms with E-state index in [0.29, 0.717) is 21.2 Å². The Balaban J connectivity index is 1.33. The molecule has 2 aromatic heterocycles. The van der Waals surface area contributed by atoms with Crippen molar-refractivity contribution in [3.63, 3.8) is 0 Å². The van der Waals surface area contributed by atoms with Crippen LogP contribution in [0.4, 0.5) is 0 Å². The predicted octanol–water partition coefficient (Wildman–Crippen LogP) is 5.80. The van der Waals surface area contributed by atoms with Crippen molar-refractivity contribution in [2.75, 3.05) is 13.2 Å². The van der Waals surface area contributed by atoms with Gasteiger partial charge in [0.25, 0.3) is 5.09 Å². The Labute approximate surface area is 275 Å². The molecule has 1 saturated heterocycles. The van der Waals surface area contributed by atoms with E-state index >= 15 is 0 Å². The fraction of sp³-hybridized carbons (Fsp3) is 0.167. The Morgan fingerprint density at radius 2 is 1.74 bits per heavy atom. The van der Waals surface area contributed by atoms with Gasteiger partial charge in [-0.3, -0.25) is 9.68 Å². The van der Waals surface area contributed by atoms with Crippen molar-refractivity contribution in [1.29, 1.82) is 0 Å². The van der Waals surface area contributed by atoms with Crippen LogP contribution >= 0.6 is 23.2 Å². The van der Waals surface area contributed by atoms with Gasteiger partial charge in [-0.05, 0) is 24.3 Å². The number of rotatable bonds is 12. The molecule has 2 unspecified atom stereocenters. The van der Waals surface area contributed by atoms with Crippen LogP contribution in [-0.4, -0.2) is 49.0 Å². The van der Waals surface area contributed by atoms with Gasteiger partial charge >= 0.3 is 5.09 Å². The van der Waals surface area contributed by atoms with Crippen molar-refractivity contribution in [1.82, 2.24) is 19.5 Å². The van der Waals surface area contributed by atoms with Crippen LogP contribution < -0.4 is 14.4 Å². The van der Waals surface area contributed by atoms with Crippen molar-refractivity contribution in [2.24, 2.45) is 0 Å². The zero-order chi connectivity index (χ0) is 33.0. The number of hydrogen-bond donors (Lipinski definition) is 0. The van der Waals surface area contributed by atoms with Crippen molar-refractivity contribution >= 4 is 23.2 Å². The molecule has 0 radical (unpaired) electrons. The maximum Gasteiger partial charge on any atom is 0.301 e. The van der Waals surface area contributed by atoms with Crippen LogP contribution in [0.5, 0.6) is 17.4 Å². The lowest BCUT2D eigenvalue weighted by molar-refractivity contribution is -0.722. The number of benzene rings is 3. The van der Waals surface area contributed by atoms with Gasteiger partial charge in [-0.25, -0.2) is 15.0 Å². The third-order valence-electron chi connectivity index (χ3n) is 6.91. The third kappa shape index (κ3) is 7.07. The molecule has 1 aliphatic rings. The lowest BCUT2D eigenvalue weighted by Crippen LogP contribution is -2.34. The predicted molar refractivity (Wildman–Crippen MR) is 165 cm³/mol. The SMILES string of the molecule is O=[N+]([O-])Oc1nc(-c2ccccc2)nc(-c2ccccc2OCC2COC(Cn3ccnc3)(c3ccc(Cl)cc3Cl)O2)c1O[N+](=O)[O-]. The van der Waals surface area contributed by atoms with Gasteiger partial charge in [-0.15, -0.1) is 20.2 Å². The standard InChI is InChI=1S/C30H22Cl2N6O9/c31-20-10-11-23(24(32)14-20)30(17-36-13-12-33-18-36)44-16-21(45-30)15-43-25-9-5-4-8-22(25)26-27(46-37(39)40)29(47-38(41)42)35-28(34-26)19-6-2-1-3-7-19/h1-14,18,21H,15-17H2. The summed E-state index contributed by atoms with van der Waals surface area (Å²) in [5.41, 5.74) is 1.02. The Bertz CT molecular complexity index is 1920. The largest absolute Gasteiger partial charge is 0.490 e. The van der Waals surface area contributed by atoms with E-state index < -0.39 is 33.7 Å². The molecule has 2 atom stereocenters. The van der Waals surface area contributed by atoms with Crippen LogP contribution in [-0.2, 0) is 21.8 Å². The summed E-state index contributed by atoms with van der Waals surface area (Å²) in [6.45, 7) is 0.275. The molecule has 240 valence electrons. The maximum absolute atomic E-state index is 11.5. The quantitative estimate of drug-likeness (QED) is 0.114. The Hall–Kier alpha value is -5.35. The molecule has 5 aromatic rings. The summed E-state index contributed by atoms with van der Waals surface area (Å²) in [5, 5.41) is 21.3. The molecular weight excluding hydrogens is 659 g/mol. The van der Waals surface area contributed by atoms with E-state index in [1.807, 2.05) is 0 Å². The molecule has 0 aliphatic carbocycles. The van der Waals surface area contributed by atoms with Crippen LogP contribution in [0, 0.1) is 20.2 Å². The molecule has 47 heavy (non-hydrogen) atoms. The van der Waals surface area contributed by atoms with Crippen molar-refractivity contribution in [2.45, 2.75) is 18.4 Å². The average molecular weight is 681 g/mol. The second kappa shape index (κ2) is 13.6. The molecule has 1 fully saturated rings. The van der Waals surface area contributed by atoms with Gasteiger partial charge < -0.3 is 18.8 Å². The molecule has 0 N–H and O–H groups in total. The van der Waals surface area contributed by atoms with E-state index in [2.05, 4.69) is 19.8 Å². The minimum atomic E-state index is -1.31. The molecule has 0 saturated carbocycles. The summed E-state index contributed by atoms with van der Waals surface area (Å²) in [5.74, 6) is -2.60. The van der Waals surface area contributed by atoms with E-state index in [1.165, 1.54) is 0 Å². The van der Waals surface area contributed by atoms with E-state index in [-0.39, 0.29) is 42.6 Å². The number of aromatic nitrogens is 4. The molecule has 0 spiro atoms. The molecule has 6 rings (SSSR count). The molecular formula is C30H22Cl2N6O9. The van der Waals surface area contributed by atoms with E-state index in [4.69, 9.17) is 42.3 Å². The van der Waals surface area contributed by atoms with Crippen molar-refractivity contribution in [3.05, 3.63) is 127 Å². The summed E-state index contributed by atoms with van der Waals surface area (Å²) in [6, 6.07) is 19.9. The first-order chi connectivity index (χ1) is 22.7. The fourth-order valence-electron chi connectivity index (χ4n) is 4.96. The Morgan fingerprint density at radius 1 is 0.979 bits per heavy atom. The summed E-state index contributed by atoms with van der Waals surface area (Å²) in [4.78, 5) is 44.8. The van der Waals surface area contributed by atoms with Gasteiger partial charge in [0.15, 0.2) is 11.6 Å². The number of imidazole rings is 1. The number of para-hydroxylation sites is 1. The van der Waals surface area contributed by atoms with Gasteiger partial charge in [0, 0.05) is 34.1 Å². The molecule has 17 heteroatoms. The summed E-state index contributed by atoms with van der Waals surface area (Å²) in [6.07, 6.45) is 4.38. The normalized spacial score (nSPS) is 17.3. The first-order valence-corrected chi connectivity index (χ1v) is 14.5. The van der Waals surface area contributed by atoms with Gasteiger partial charge in [-0.2, -0.15) is 0 Å². The number of hydrogen-bond acceptors (Lipinski definition) is 12. The number of halogens is 2. The van der Waals surface area contributed by atoms with Crippen LogP contribution in [0.2, 0.25) is 10.0 Å². The third-order valence-corrected chi connectivity index (χ3v) is 7.46. The molecule has 3 heterocycles. The summed E-state index contributed by atoms with van der Waals surface area (Å²) >= 11 is 12.7. The van der Waals surface area contributed by atoms with E-state index in [0.717, 1.165) is 0 Å². The minimum absolute atomic E-state index is 0.0143. The van der Waals surface area contributed by atoms with Crippen LogP contribution in [0.25, 0.3) is 22.6 Å². The topological polar surface area (TPSA) is 176 Å². The van der Waals surface area contributed by atoms with Crippen molar-refractivity contribution < 1.29 is 34.1 Å². The van der Waals surface area contributed by atoms with Gasteiger partial charge in [0.05, 0.1) is 24.5 Å². The molecule has 0 bridgehead atoms. The molecule has 1 aliphatic heterocycles. The van der Waals surface area contributed by atoms with Crippen LogP contribution in [0.1, 0.15) is 5.56 Å². The minimum Gasteiger partial charge on any atom is -0.490 e. The molecule has 15 nitrogen and oxygen atoms in total. The monoisotopic (exact) mass is 680 g/mol.